The summed E-state index contributed by atoms with van der Waals surface area (Å²) in [6.45, 7) is 0. The van der Waals surface area contributed by atoms with Crippen molar-refractivity contribution in [3.05, 3.63) is 30.3 Å². The van der Waals surface area contributed by atoms with Crippen molar-refractivity contribution in [3.8, 4) is 0 Å². The predicted octanol–water partition coefficient (Wildman–Crippen LogP) is 0.285. The normalized spacial score (nSPS) is 10.3. The molecule has 0 spiro atoms. The molecule has 11 heavy (non-hydrogen) atoms. The van der Waals surface area contributed by atoms with Crippen LogP contribution in [0.2, 0.25) is 0 Å². The Morgan fingerprint density at radius 1 is 1.09 bits per heavy atom. The molecule has 0 amide bonds. The van der Waals surface area contributed by atoms with E-state index in [-0.39, 0.29) is 73.8 Å². The fourth-order valence-corrected chi connectivity index (χ4v) is 1.09. The molecule has 1 N–H and O–H groups in total. The van der Waals surface area contributed by atoms with Crippen molar-refractivity contribution in [2.24, 2.45) is 0 Å². The fraction of sp³-hybridized carbons (Fsp3) is 0. The van der Waals surface area contributed by atoms with Crippen LogP contribution in [0.15, 0.2) is 35.2 Å². The molecule has 1 rings (SSSR count). The Bertz CT molecular complexity index is 306. The molecule has 0 radical (unpaired) electrons. The van der Waals surface area contributed by atoms with Crippen LogP contribution in [0, 0.1) is 0 Å². The van der Waals surface area contributed by atoms with E-state index in [0.717, 1.165) is 0 Å². The maximum atomic E-state index is 10.4. The van der Waals surface area contributed by atoms with E-state index in [1.165, 1.54) is 12.1 Å². The Labute approximate surface area is 124 Å². The van der Waals surface area contributed by atoms with Gasteiger partial charge in [-0.2, -0.15) is 8.42 Å². The molecule has 0 heterocycles. The number of hydrogen-bond acceptors (Lipinski definition) is 2. The first-order chi connectivity index (χ1) is 4.61. The first kappa shape index (κ1) is 12.2. The zero-order chi connectivity index (χ0) is 7.61. The molecule has 5 heteroatoms. The van der Waals surface area contributed by atoms with Crippen LogP contribution in [0.3, 0.4) is 0 Å². The Morgan fingerprint density at radius 3 is 1.82 bits per heavy atom. The topological polar surface area (TPSA) is 54.4 Å². The van der Waals surface area contributed by atoms with Crippen molar-refractivity contribution in [2.75, 3.05) is 0 Å². The van der Waals surface area contributed by atoms with Gasteiger partial charge in [-0.25, -0.2) is 0 Å². The molecule has 0 saturated carbocycles. The third-order valence-corrected chi connectivity index (χ3v) is 1.91. The Kier molecular flexibility index (Phi) is 5.57. The van der Waals surface area contributed by atoms with Crippen molar-refractivity contribution in [3.63, 3.8) is 0 Å². The first-order valence-electron chi connectivity index (χ1n) is 2.63. The second-order valence-electron chi connectivity index (χ2n) is 1.79. The average Bonchev–Trinajstić information content (AvgIpc) is 1.88. The molecule has 1 aromatic carbocycles. The Morgan fingerprint density at radius 2 is 1.55 bits per heavy atom. The van der Waals surface area contributed by atoms with Gasteiger partial charge < -0.3 is 0 Å². The summed E-state index contributed by atoms with van der Waals surface area (Å²) in [6.07, 6.45) is 0. The van der Waals surface area contributed by atoms with Crippen LogP contribution in [0.25, 0.3) is 0 Å². The monoisotopic (exact) mass is 292 g/mol. The van der Waals surface area contributed by atoms with E-state index in [9.17, 15) is 8.42 Å². The second kappa shape index (κ2) is 5.03. The predicted molar refractivity (Wildman–Crippen MR) is 43.4 cm³/mol. The summed E-state index contributed by atoms with van der Waals surface area (Å²) in [5, 5.41) is 0. The van der Waals surface area contributed by atoms with Crippen LogP contribution in [0.5, 0.6) is 0 Å². The number of benzene rings is 1. The van der Waals surface area contributed by atoms with Crippen molar-refractivity contribution in [2.45, 2.75) is 4.90 Å². The van der Waals surface area contributed by atoms with Crippen LogP contribution in [0.4, 0.5) is 0 Å². The maximum absolute atomic E-state index is 10.4. The molecule has 0 saturated heterocycles. The molecule has 1 aromatic rings. The molecule has 0 fully saturated rings. The molecule has 0 aromatic heterocycles. The van der Waals surface area contributed by atoms with Crippen LogP contribution in [-0.2, 0) is 10.1 Å². The summed E-state index contributed by atoms with van der Waals surface area (Å²) >= 11 is 0. The molecule has 0 aliphatic rings. The van der Waals surface area contributed by atoms with E-state index in [2.05, 4.69) is 0 Å². The molecule has 3 nitrogen and oxygen atoms in total. The van der Waals surface area contributed by atoms with Gasteiger partial charge in [0, 0.05) is 0 Å². The minimum atomic E-state index is -4.00. The van der Waals surface area contributed by atoms with E-state index >= 15 is 0 Å². The van der Waals surface area contributed by atoms with Crippen LogP contribution < -0.4 is 0 Å². The molecular formula is C6H7CsO3S. The summed E-state index contributed by atoms with van der Waals surface area (Å²) in [5.41, 5.74) is 0. The first-order valence-corrected chi connectivity index (χ1v) is 4.07. The van der Waals surface area contributed by atoms with Gasteiger partial charge in [0.1, 0.15) is 0 Å². The molecule has 0 atom stereocenters. The summed E-state index contributed by atoms with van der Waals surface area (Å²) in [7, 11) is -4.00. The third kappa shape index (κ3) is 4.09. The van der Waals surface area contributed by atoms with Gasteiger partial charge in [-0.05, 0) is 12.1 Å². The van der Waals surface area contributed by atoms with Crippen molar-refractivity contribution in [1.29, 1.82) is 0 Å². The van der Waals surface area contributed by atoms with E-state index in [1.54, 1.807) is 18.2 Å². The van der Waals surface area contributed by atoms with Gasteiger partial charge in [-0.1, -0.05) is 18.2 Å². The van der Waals surface area contributed by atoms with Gasteiger partial charge in [-0.15, -0.1) is 0 Å². The van der Waals surface area contributed by atoms with Gasteiger partial charge in [0.25, 0.3) is 10.1 Å². The zero-order valence-electron chi connectivity index (χ0n) is 5.06. The zero-order valence-corrected chi connectivity index (χ0v) is 5.88. The average molecular weight is 292 g/mol. The summed E-state index contributed by atoms with van der Waals surface area (Å²) in [4.78, 5) is -0.0741. The van der Waals surface area contributed by atoms with Gasteiger partial charge in [0.15, 0.2) is 0 Å². The van der Waals surface area contributed by atoms with Crippen LogP contribution >= 0.6 is 0 Å². The number of hydrogen-bond donors (Lipinski definition) is 1. The molecule has 0 aliphatic carbocycles. The SMILES string of the molecule is O=S(=O)(O)c1ccccc1.[CsH]. The summed E-state index contributed by atoms with van der Waals surface area (Å²) in [6, 6.07) is 7.42. The standard InChI is InChI=1S/C6H6O3S.Cs.H/c7-10(8,9)6-4-2-1-3-5-6;;/h1-5H,(H,7,8,9);;. The van der Waals surface area contributed by atoms with Crippen LogP contribution in [-0.4, -0.2) is 81.9 Å². The fourth-order valence-electron chi connectivity index (χ4n) is 0.592. The van der Waals surface area contributed by atoms with Gasteiger partial charge in [-0.3, -0.25) is 4.55 Å². The van der Waals surface area contributed by atoms with Gasteiger partial charge in [0.05, 0.1) is 4.90 Å². The summed E-state index contributed by atoms with van der Waals surface area (Å²) < 4.78 is 29.2. The Hall–Kier alpha value is 1.18. The van der Waals surface area contributed by atoms with E-state index in [0.29, 0.717) is 0 Å². The van der Waals surface area contributed by atoms with Crippen molar-refractivity contribution < 1.29 is 13.0 Å². The number of rotatable bonds is 1. The van der Waals surface area contributed by atoms with E-state index in [4.69, 9.17) is 4.55 Å². The molecule has 56 valence electrons. The molecule has 0 bridgehead atoms. The molecule has 0 aliphatic heterocycles. The van der Waals surface area contributed by atoms with Crippen molar-refractivity contribution >= 4 is 79.0 Å². The minimum absolute atomic E-state index is 0. The molecule has 0 unspecified atom stereocenters. The molecular weight excluding hydrogens is 285 g/mol. The van der Waals surface area contributed by atoms with Crippen molar-refractivity contribution in [1.82, 2.24) is 0 Å². The van der Waals surface area contributed by atoms with Gasteiger partial charge in [0.2, 0.25) is 0 Å². The van der Waals surface area contributed by atoms with Gasteiger partial charge >= 0.3 is 68.9 Å². The van der Waals surface area contributed by atoms with Crippen LogP contribution in [0.1, 0.15) is 0 Å². The second-order valence-corrected chi connectivity index (χ2v) is 3.21. The quantitative estimate of drug-likeness (QED) is 0.757. The summed E-state index contributed by atoms with van der Waals surface area (Å²) in [5.74, 6) is 0. The van der Waals surface area contributed by atoms with E-state index in [1.807, 2.05) is 0 Å². The third-order valence-electron chi connectivity index (χ3n) is 1.04. The Balaban J connectivity index is 0.000001000. The van der Waals surface area contributed by atoms with E-state index < -0.39 is 10.1 Å².